The Kier molecular flexibility index (Phi) is 4.18. The van der Waals surface area contributed by atoms with Crippen molar-refractivity contribution < 1.29 is 9.53 Å². The Labute approximate surface area is 105 Å². The van der Waals surface area contributed by atoms with Crippen molar-refractivity contribution in [3.8, 4) is 6.07 Å². The van der Waals surface area contributed by atoms with Crippen LogP contribution in [0.15, 0.2) is 6.20 Å². The Morgan fingerprint density at radius 3 is 2.78 bits per heavy atom. The molecule has 7 heteroatoms. The fraction of sp³-hybridized carbons (Fsp3) is 0.455. The lowest BCUT2D eigenvalue weighted by Crippen LogP contribution is -2.28. The fourth-order valence-electron chi connectivity index (χ4n) is 1.09. The lowest BCUT2D eigenvalue weighted by molar-refractivity contribution is 0.0635. The van der Waals surface area contributed by atoms with Crippen molar-refractivity contribution in [2.75, 3.05) is 5.32 Å². The van der Waals surface area contributed by atoms with E-state index in [2.05, 4.69) is 15.3 Å². The summed E-state index contributed by atoms with van der Waals surface area (Å²) in [5, 5.41) is 11.3. The summed E-state index contributed by atoms with van der Waals surface area (Å²) in [4.78, 5) is 19.4. The highest BCUT2D eigenvalue weighted by Crippen LogP contribution is 2.12. The monoisotopic (exact) mass is 249 g/mol. The maximum atomic E-state index is 11.5. The quantitative estimate of drug-likeness (QED) is 0.812. The Balaban J connectivity index is 2.85. The van der Waals surface area contributed by atoms with Crippen LogP contribution < -0.4 is 11.1 Å². The summed E-state index contributed by atoms with van der Waals surface area (Å²) in [5.74, 6) is 0.0592. The van der Waals surface area contributed by atoms with Gasteiger partial charge in [0.2, 0.25) is 0 Å². The summed E-state index contributed by atoms with van der Waals surface area (Å²) in [6.45, 7) is 5.39. The molecule has 0 aliphatic carbocycles. The van der Waals surface area contributed by atoms with Crippen molar-refractivity contribution in [2.24, 2.45) is 5.73 Å². The van der Waals surface area contributed by atoms with Crippen LogP contribution in [0.2, 0.25) is 0 Å². The number of rotatable bonds is 2. The first-order valence-corrected chi connectivity index (χ1v) is 5.32. The molecular weight excluding hydrogens is 234 g/mol. The third kappa shape index (κ3) is 3.99. The van der Waals surface area contributed by atoms with E-state index in [1.54, 1.807) is 20.8 Å². The van der Waals surface area contributed by atoms with Crippen LogP contribution in [-0.2, 0) is 11.3 Å². The van der Waals surface area contributed by atoms with Gasteiger partial charge in [0, 0.05) is 6.54 Å². The number of ether oxygens (including phenoxy) is 1. The zero-order valence-corrected chi connectivity index (χ0v) is 10.5. The maximum absolute atomic E-state index is 11.5. The third-order valence-corrected chi connectivity index (χ3v) is 1.76. The molecule has 0 aliphatic rings. The summed E-state index contributed by atoms with van der Waals surface area (Å²) in [6.07, 6.45) is 0.710. The number of anilines is 1. The number of nitrogens with one attached hydrogen (secondary N) is 1. The number of carbonyl (C=O) groups is 1. The molecule has 96 valence electrons. The number of carbonyl (C=O) groups excluding carboxylic acids is 1. The summed E-state index contributed by atoms with van der Waals surface area (Å²) >= 11 is 0. The second-order valence-electron chi connectivity index (χ2n) is 4.50. The Bertz CT molecular complexity index is 487. The minimum atomic E-state index is -0.686. The highest BCUT2D eigenvalue weighted by Gasteiger charge is 2.18. The van der Waals surface area contributed by atoms with Crippen molar-refractivity contribution in [3.63, 3.8) is 0 Å². The molecule has 0 saturated carbocycles. The van der Waals surface area contributed by atoms with Crippen molar-refractivity contribution in [3.05, 3.63) is 17.6 Å². The molecule has 1 aromatic rings. The van der Waals surface area contributed by atoms with Crippen LogP contribution in [0, 0.1) is 11.3 Å². The zero-order valence-electron chi connectivity index (χ0n) is 10.5. The highest BCUT2D eigenvalue weighted by molar-refractivity contribution is 5.84. The molecule has 1 amide bonds. The molecule has 0 spiro atoms. The molecular formula is C11H15N5O2. The summed E-state index contributed by atoms with van der Waals surface area (Å²) in [6, 6.07) is 1.84. The smallest absolute Gasteiger partial charge is 0.413 e. The molecule has 3 N–H and O–H groups in total. The van der Waals surface area contributed by atoms with Crippen molar-refractivity contribution in [2.45, 2.75) is 32.9 Å². The van der Waals surface area contributed by atoms with Gasteiger partial charge >= 0.3 is 6.09 Å². The second-order valence-corrected chi connectivity index (χ2v) is 4.50. The SMILES string of the molecule is CC(C)(C)OC(=O)Nc1ncc(CN)nc1C#N. The van der Waals surface area contributed by atoms with Gasteiger partial charge in [0.15, 0.2) is 11.5 Å². The number of nitriles is 1. The number of nitrogens with zero attached hydrogens (tertiary/aromatic N) is 3. The minimum absolute atomic E-state index is 0.00353. The van der Waals surface area contributed by atoms with Gasteiger partial charge in [-0.2, -0.15) is 5.26 Å². The van der Waals surface area contributed by atoms with E-state index in [-0.39, 0.29) is 18.1 Å². The number of amides is 1. The summed E-state index contributed by atoms with van der Waals surface area (Å²) in [7, 11) is 0. The Hall–Kier alpha value is -2.20. The molecule has 0 unspecified atom stereocenters. The van der Waals surface area contributed by atoms with Crippen LogP contribution in [-0.4, -0.2) is 21.7 Å². The number of nitrogens with two attached hydrogens (primary N) is 1. The van der Waals surface area contributed by atoms with Crippen LogP contribution in [0.3, 0.4) is 0 Å². The first-order valence-electron chi connectivity index (χ1n) is 5.32. The molecule has 0 aliphatic heterocycles. The predicted octanol–water partition coefficient (Wildman–Crippen LogP) is 1.15. The van der Waals surface area contributed by atoms with E-state index >= 15 is 0 Å². The van der Waals surface area contributed by atoms with Gasteiger partial charge < -0.3 is 10.5 Å². The van der Waals surface area contributed by atoms with E-state index in [0.29, 0.717) is 5.69 Å². The van der Waals surface area contributed by atoms with Gasteiger partial charge in [-0.1, -0.05) is 0 Å². The van der Waals surface area contributed by atoms with Gasteiger partial charge in [-0.3, -0.25) is 5.32 Å². The number of aromatic nitrogens is 2. The summed E-state index contributed by atoms with van der Waals surface area (Å²) in [5.41, 5.74) is 5.24. The van der Waals surface area contributed by atoms with E-state index in [1.807, 2.05) is 6.07 Å². The molecule has 0 bridgehead atoms. The molecule has 1 rings (SSSR count). The van der Waals surface area contributed by atoms with Crippen LogP contribution in [0.4, 0.5) is 10.6 Å². The average Bonchev–Trinajstić information content (AvgIpc) is 2.27. The minimum Gasteiger partial charge on any atom is -0.444 e. The van der Waals surface area contributed by atoms with Crippen molar-refractivity contribution >= 4 is 11.9 Å². The Morgan fingerprint density at radius 1 is 1.61 bits per heavy atom. The average molecular weight is 249 g/mol. The van der Waals surface area contributed by atoms with Crippen molar-refractivity contribution in [1.82, 2.24) is 9.97 Å². The van der Waals surface area contributed by atoms with E-state index < -0.39 is 11.7 Å². The second kappa shape index (κ2) is 5.42. The molecule has 0 fully saturated rings. The van der Waals surface area contributed by atoms with E-state index in [4.69, 9.17) is 15.7 Å². The highest BCUT2D eigenvalue weighted by atomic mass is 16.6. The molecule has 0 aromatic carbocycles. The van der Waals surface area contributed by atoms with Crippen LogP contribution in [0.25, 0.3) is 0 Å². The molecule has 0 atom stereocenters. The van der Waals surface area contributed by atoms with Crippen molar-refractivity contribution in [1.29, 1.82) is 5.26 Å². The van der Waals surface area contributed by atoms with Crippen LogP contribution in [0.1, 0.15) is 32.2 Å². The zero-order chi connectivity index (χ0) is 13.8. The van der Waals surface area contributed by atoms with E-state index in [0.717, 1.165) is 0 Å². The van der Waals surface area contributed by atoms with Crippen LogP contribution >= 0.6 is 0 Å². The standard InChI is InChI=1S/C11H15N5O2/c1-11(2,3)18-10(17)16-9-8(5-13)15-7(4-12)6-14-9/h6H,4,12H2,1-3H3,(H,14,16,17). The lowest BCUT2D eigenvalue weighted by Gasteiger charge is -2.19. The first kappa shape index (κ1) is 13.9. The molecule has 0 radical (unpaired) electrons. The lowest BCUT2D eigenvalue weighted by atomic mass is 10.2. The van der Waals surface area contributed by atoms with Gasteiger partial charge in [-0.25, -0.2) is 14.8 Å². The molecule has 1 aromatic heterocycles. The van der Waals surface area contributed by atoms with E-state index in [9.17, 15) is 4.79 Å². The summed E-state index contributed by atoms with van der Waals surface area (Å²) < 4.78 is 5.05. The van der Waals surface area contributed by atoms with Gasteiger partial charge in [0.05, 0.1) is 11.9 Å². The van der Waals surface area contributed by atoms with Crippen LogP contribution in [0.5, 0.6) is 0 Å². The topological polar surface area (TPSA) is 114 Å². The normalized spacial score (nSPS) is 10.6. The predicted molar refractivity (Wildman–Crippen MR) is 64.5 cm³/mol. The van der Waals surface area contributed by atoms with Gasteiger partial charge in [0.25, 0.3) is 0 Å². The number of hydrogen-bond donors (Lipinski definition) is 2. The van der Waals surface area contributed by atoms with Gasteiger partial charge in [-0.05, 0) is 20.8 Å². The van der Waals surface area contributed by atoms with Gasteiger partial charge in [-0.15, -0.1) is 0 Å². The first-order chi connectivity index (χ1) is 8.35. The maximum Gasteiger partial charge on any atom is 0.413 e. The molecule has 1 heterocycles. The largest absolute Gasteiger partial charge is 0.444 e. The Morgan fingerprint density at radius 2 is 2.28 bits per heavy atom. The molecule has 18 heavy (non-hydrogen) atoms. The molecule has 7 nitrogen and oxygen atoms in total. The molecule has 0 saturated heterocycles. The van der Waals surface area contributed by atoms with Gasteiger partial charge in [0.1, 0.15) is 11.7 Å². The van der Waals surface area contributed by atoms with E-state index in [1.165, 1.54) is 6.20 Å². The fourth-order valence-corrected chi connectivity index (χ4v) is 1.09. The number of hydrogen-bond acceptors (Lipinski definition) is 6. The third-order valence-electron chi connectivity index (χ3n) is 1.76.